The Balaban J connectivity index is 2.35. The number of hydrogen-bond donors (Lipinski definition) is 2. The summed E-state index contributed by atoms with van der Waals surface area (Å²) in [6.07, 6.45) is -0.0912. The van der Waals surface area contributed by atoms with Gasteiger partial charge >= 0.3 is 5.97 Å². The van der Waals surface area contributed by atoms with Crippen LogP contribution < -0.4 is 10.1 Å². The molecular formula is C17H19NO4S. The minimum absolute atomic E-state index is 0.0912. The molecule has 1 aromatic heterocycles. The van der Waals surface area contributed by atoms with E-state index in [-0.39, 0.29) is 17.6 Å². The number of carbonyl (C=O) groups is 2. The second-order valence-corrected chi connectivity index (χ2v) is 6.55. The molecule has 1 aromatic carbocycles. The lowest BCUT2D eigenvalue weighted by atomic mass is 10.1. The van der Waals surface area contributed by atoms with E-state index in [0.717, 1.165) is 10.4 Å². The van der Waals surface area contributed by atoms with Gasteiger partial charge in [-0.15, -0.1) is 11.3 Å². The van der Waals surface area contributed by atoms with Gasteiger partial charge in [-0.2, -0.15) is 0 Å². The Labute approximate surface area is 138 Å². The van der Waals surface area contributed by atoms with Crippen LogP contribution in [0.1, 0.15) is 45.0 Å². The van der Waals surface area contributed by atoms with Gasteiger partial charge in [0.25, 0.3) is 5.91 Å². The standard InChI is InChI=1S/C17H19NO4S/c1-9(2)22-15-6-5-12(17(20)21)7-14(15)18-16(19)13-8-23-11(4)10(13)3/h5-9H,1-4H3,(H,18,19)(H,20,21). The topological polar surface area (TPSA) is 75.6 Å². The van der Waals surface area contributed by atoms with Crippen LogP contribution in [-0.4, -0.2) is 23.1 Å². The third-order valence-corrected chi connectivity index (χ3v) is 4.38. The number of carboxylic acids is 1. The van der Waals surface area contributed by atoms with Crippen LogP contribution in [-0.2, 0) is 0 Å². The first-order valence-corrected chi connectivity index (χ1v) is 8.07. The molecule has 0 aliphatic rings. The number of hydrogen-bond acceptors (Lipinski definition) is 4. The van der Waals surface area contributed by atoms with Crippen LogP contribution in [0.15, 0.2) is 23.6 Å². The number of rotatable bonds is 5. The number of amides is 1. The van der Waals surface area contributed by atoms with E-state index in [0.29, 0.717) is 17.0 Å². The summed E-state index contributed by atoms with van der Waals surface area (Å²) in [6, 6.07) is 4.42. The van der Waals surface area contributed by atoms with Crippen molar-refractivity contribution in [2.24, 2.45) is 0 Å². The zero-order valence-corrected chi connectivity index (χ0v) is 14.3. The number of thiophene rings is 1. The maximum atomic E-state index is 12.5. The zero-order chi connectivity index (χ0) is 17.1. The van der Waals surface area contributed by atoms with E-state index >= 15 is 0 Å². The van der Waals surface area contributed by atoms with Crippen LogP contribution in [0.4, 0.5) is 5.69 Å². The Kier molecular flexibility index (Phi) is 5.05. The average Bonchev–Trinajstić information content (AvgIpc) is 2.80. The number of aromatic carboxylic acids is 1. The summed E-state index contributed by atoms with van der Waals surface area (Å²) in [4.78, 5) is 24.7. The predicted octanol–water partition coefficient (Wildman–Crippen LogP) is 4.10. The van der Waals surface area contributed by atoms with Gasteiger partial charge in [-0.1, -0.05) is 0 Å². The average molecular weight is 333 g/mol. The number of anilines is 1. The minimum Gasteiger partial charge on any atom is -0.489 e. The molecule has 0 spiro atoms. The Morgan fingerprint density at radius 1 is 1.26 bits per heavy atom. The smallest absolute Gasteiger partial charge is 0.335 e. The lowest BCUT2D eigenvalue weighted by Crippen LogP contribution is -2.15. The van der Waals surface area contributed by atoms with Gasteiger partial charge in [0.2, 0.25) is 0 Å². The molecule has 23 heavy (non-hydrogen) atoms. The molecule has 0 atom stereocenters. The fraction of sp³-hybridized carbons (Fsp3) is 0.294. The summed E-state index contributed by atoms with van der Waals surface area (Å²) in [5.41, 5.74) is 1.96. The Morgan fingerprint density at radius 2 is 1.96 bits per heavy atom. The van der Waals surface area contributed by atoms with Gasteiger partial charge in [-0.3, -0.25) is 4.79 Å². The molecular weight excluding hydrogens is 314 g/mol. The zero-order valence-electron chi connectivity index (χ0n) is 13.5. The van der Waals surface area contributed by atoms with Crippen molar-refractivity contribution in [3.63, 3.8) is 0 Å². The quantitative estimate of drug-likeness (QED) is 0.863. The summed E-state index contributed by atoms with van der Waals surface area (Å²) in [5.74, 6) is -0.884. The Hall–Kier alpha value is -2.34. The molecule has 2 N–H and O–H groups in total. The molecule has 1 amide bonds. The van der Waals surface area contributed by atoms with Crippen molar-refractivity contribution in [2.75, 3.05) is 5.32 Å². The minimum atomic E-state index is -1.06. The van der Waals surface area contributed by atoms with E-state index in [9.17, 15) is 9.59 Å². The molecule has 122 valence electrons. The second kappa shape index (κ2) is 6.83. The summed E-state index contributed by atoms with van der Waals surface area (Å²) in [5, 5.41) is 13.7. The monoisotopic (exact) mass is 333 g/mol. The summed E-state index contributed by atoms with van der Waals surface area (Å²) >= 11 is 1.51. The number of carboxylic acid groups (broad SMARTS) is 1. The normalized spacial score (nSPS) is 10.7. The molecule has 0 saturated heterocycles. The number of carbonyl (C=O) groups excluding carboxylic acids is 1. The summed E-state index contributed by atoms with van der Waals surface area (Å²) < 4.78 is 5.65. The molecule has 0 aliphatic carbocycles. The molecule has 1 heterocycles. The molecule has 0 bridgehead atoms. The van der Waals surface area contributed by atoms with E-state index in [1.54, 1.807) is 11.4 Å². The van der Waals surface area contributed by atoms with E-state index in [1.165, 1.54) is 23.5 Å². The van der Waals surface area contributed by atoms with Gasteiger partial charge in [0.1, 0.15) is 5.75 Å². The van der Waals surface area contributed by atoms with Crippen molar-refractivity contribution >= 4 is 28.9 Å². The number of benzene rings is 1. The van der Waals surface area contributed by atoms with Crippen LogP contribution in [0.2, 0.25) is 0 Å². The van der Waals surface area contributed by atoms with Crippen LogP contribution in [0.3, 0.4) is 0 Å². The molecule has 0 fully saturated rings. The highest BCUT2D eigenvalue weighted by atomic mass is 32.1. The SMILES string of the molecule is Cc1scc(C(=O)Nc2cc(C(=O)O)ccc2OC(C)C)c1C. The number of aryl methyl sites for hydroxylation is 1. The van der Waals surface area contributed by atoms with Crippen molar-refractivity contribution in [1.29, 1.82) is 0 Å². The molecule has 5 nitrogen and oxygen atoms in total. The highest BCUT2D eigenvalue weighted by Gasteiger charge is 2.17. The molecule has 0 radical (unpaired) electrons. The third kappa shape index (κ3) is 3.90. The maximum absolute atomic E-state index is 12.5. The van der Waals surface area contributed by atoms with Crippen LogP contribution in [0.5, 0.6) is 5.75 Å². The first kappa shape index (κ1) is 17.0. The van der Waals surface area contributed by atoms with E-state index in [4.69, 9.17) is 9.84 Å². The largest absolute Gasteiger partial charge is 0.489 e. The fourth-order valence-corrected chi connectivity index (χ4v) is 2.91. The maximum Gasteiger partial charge on any atom is 0.335 e. The van der Waals surface area contributed by atoms with Crippen molar-refractivity contribution in [3.05, 3.63) is 45.1 Å². The third-order valence-electron chi connectivity index (χ3n) is 3.37. The summed E-state index contributed by atoms with van der Waals surface area (Å²) in [6.45, 7) is 7.57. The van der Waals surface area contributed by atoms with Gasteiger partial charge in [-0.25, -0.2) is 4.79 Å². The molecule has 6 heteroatoms. The van der Waals surface area contributed by atoms with Gasteiger partial charge in [0.05, 0.1) is 22.9 Å². The molecule has 0 unspecified atom stereocenters. The lowest BCUT2D eigenvalue weighted by Gasteiger charge is -2.15. The fourth-order valence-electron chi connectivity index (χ4n) is 2.04. The number of nitrogens with one attached hydrogen (secondary N) is 1. The van der Waals surface area contributed by atoms with Gasteiger partial charge < -0.3 is 15.2 Å². The van der Waals surface area contributed by atoms with Crippen molar-refractivity contribution in [2.45, 2.75) is 33.8 Å². The van der Waals surface area contributed by atoms with Gasteiger partial charge in [0, 0.05) is 10.3 Å². The van der Waals surface area contributed by atoms with Gasteiger partial charge in [-0.05, 0) is 51.5 Å². The van der Waals surface area contributed by atoms with Crippen LogP contribution in [0, 0.1) is 13.8 Å². The van der Waals surface area contributed by atoms with Crippen LogP contribution in [0.25, 0.3) is 0 Å². The Morgan fingerprint density at radius 3 is 2.48 bits per heavy atom. The highest BCUT2D eigenvalue weighted by molar-refractivity contribution is 7.10. The Bertz CT molecular complexity index is 749. The van der Waals surface area contributed by atoms with E-state index in [2.05, 4.69) is 5.32 Å². The molecule has 2 rings (SSSR count). The second-order valence-electron chi connectivity index (χ2n) is 5.47. The van der Waals surface area contributed by atoms with Crippen molar-refractivity contribution in [3.8, 4) is 5.75 Å². The first-order valence-electron chi connectivity index (χ1n) is 7.19. The predicted molar refractivity (Wildman–Crippen MR) is 90.9 cm³/mol. The molecule has 0 saturated carbocycles. The van der Waals surface area contributed by atoms with Gasteiger partial charge in [0.15, 0.2) is 0 Å². The lowest BCUT2D eigenvalue weighted by molar-refractivity contribution is 0.0696. The highest BCUT2D eigenvalue weighted by Crippen LogP contribution is 2.29. The molecule has 0 aliphatic heterocycles. The van der Waals surface area contributed by atoms with Crippen molar-refractivity contribution in [1.82, 2.24) is 0 Å². The summed E-state index contributed by atoms with van der Waals surface area (Å²) in [7, 11) is 0. The van der Waals surface area contributed by atoms with Crippen LogP contribution >= 0.6 is 11.3 Å². The number of ether oxygens (including phenoxy) is 1. The van der Waals surface area contributed by atoms with Crippen molar-refractivity contribution < 1.29 is 19.4 Å². The van der Waals surface area contributed by atoms with E-state index in [1.807, 2.05) is 27.7 Å². The first-order chi connectivity index (χ1) is 10.8. The molecule has 2 aromatic rings. The van der Waals surface area contributed by atoms with E-state index < -0.39 is 5.97 Å².